The summed E-state index contributed by atoms with van der Waals surface area (Å²) in [5.74, 6) is -0.261. The third-order valence-electron chi connectivity index (χ3n) is 5.06. The Morgan fingerprint density at radius 2 is 1.81 bits per heavy atom. The summed E-state index contributed by atoms with van der Waals surface area (Å²) >= 11 is 0. The molecule has 0 saturated carbocycles. The smallest absolute Gasteiger partial charge is 0.256 e. The minimum Gasteiger partial charge on any atom is -0.322 e. The number of primary sulfonamides is 1. The second kappa shape index (κ2) is 7.72. The summed E-state index contributed by atoms with van der Waals surface area (Å²) in [6.07, 6.45) is 0. The highest BCUT2D eigenvalue weighted by Crippen LogP contribution is 2.29. The number of carbonyl (C=O) groups excluding carboxylic acids is 1. The fourth-order valence-electron chi connectivity index (χ4n) is 3.43. The zero-order chi connectivity index (χ0) is 23.3. The maximum atomic E-state index is 13.3. The van der Waals surface area contributed by atoms with Gasteiger partial charge in [-0.25, -0.2) is 23.2 Å². The summed E-state index contributed by atoms with van der Waals surface area (Å²) in [6.45, 7) is 13.6. The van der Waals surface area contributed by atoms with Gasteiger partial charge in [0.1, 0.15) is 0 Å². The predicted molar refractivity (Wildman–Crippen MR) is 122 cm³/mol. The number of nitrogens with two attached hydrogens (primary N) is 1. The van der Waals surface area contributed by atoms with Crippen molar-refractivity contribution in [1.82, 2.24) is 14.8 Å². The largest absolute Gasteiger partial charge is 0.322 e. The molecule has 9 heteroatoms. The van der Waals surface area contributed by atoms with Gasteiger partial charge in [0.15, 0.2) is 5.65 Å². The molecular formula is C22H29N5O3S. The molecule has 2 heterocycles. The van der Waals surface area contributed by atoms with Gasteiger partial charge < -0.3 is 5.32 Å². The van der Waals surface area contributed by atoms with Crippen molar-refractivity contribution in [2.75, 3.05) is 5.32 Å². The van der Waals surface area contributed by atoms with E-state index in [0.717, 1.165) is 5.69 Å². The van der Waals surface area contributed by atoms with E-state index in [2.05, 4.69) is 10.4 Å². The lowest BCUT2D eigenvalue weighted by Crippen LogP contribution is -2.24. The van der Waals surface area contributed by atoms with Crippen molar-refractivity contribution in [3.05, 3.63) is 46.8 Å². The molecule has 0 aliphatic heterocycles. The molecule has 0 unspecified atom stereocenters. The van der Waals surface area contributed by atoms with Crippen molar-refractivity contribution in [3.8, 4) is 0 Å². The van der Waals surface area contributed by atoms with E-state index in [9.17, 15) is 13.2 Å². The Morgan fingerprint density at radius 1 is 1.16 bits per heavy atom. The van der Waals surface area contributed by atoms with E-state index in [1.807, 2.05) is 46.2 Å². The van der Waals surface area contributed by atoms with Crippen LogP contribution in [0.15, 0.2) is 29.2 Å². The average Bonchev–Trinajstić information content (AvgIpc) is 2.98. The molecule has 1 aromatic carbocycles. The summed E-state index contributed by atoms with van der Waals surface area (Å²) in [7, 11) is -3.90. The van der Waals surface area contributed by atoms with Crippen molar-refractivity contribution >= 4 is 32.7 Å². The lowest BCUT2D eigenvalue weighted by molar-refractivity contribution is 0.102. The molecule has 3 aromatic rings. The number of nitrogens with one attached hydrogen (secondary N) is 1. The minimum atomic E-state index is -3.90. The molecule has 0 spiro atoms. The number of hydrogen-bond donors (Lipinski definition) is 2. The van der Waals surface area contributed by atoms with Crippen molar-refractivity contribution in [2.45, 2.75) is 64.8 Å². The highest BCUT2D eigenvalue weighted by atomic mass is 32.2. The number of fused-ring (bicyclic) bond motifs is 1. The maximum absolute atomic E-state index is 13.3. The topological polar surface area (TPSA) is 120 Å². The molecule has 0 aliphatic rings. The van der Waals surface area contributed by atoms with E-state index in [0.29, 0.717) is 33.5 Å². The number of rotatable bonds is 4. The second-order valence-electron chi connectivity index (χ2n) is 9.10. The standard InChI is InChI=1S/C22H29N5O3S/c1-12(2)17-11-16(19-14(4)26-27(20(19)25-17)22(5,6)7)21(28)24-15-9-8-13(3)18(10-15)31(23,29)30/h8-12H,1-7H3,(H,24,28)(H2,23,29,30). The number of carbonyl (C=O) groups is 1. The number of aryl methyl sites for hydroxylation is 2. The third-order valence-corrected chi connectivity index (χ3v) is 6.11. The predicted octanol–water partition coefficient (Wildman–Crippen LogP) is 3.83. The molecule has 0 bridgehead atoms. The number of sulfonamides is 1. The molecule has 0 saturated heterocycles. The molecule has 8 nitrogen and oxygen atoms in total. The Hall–Kier alpha value is -2.78. The van der Waals surface area contributed by atoms with Crippen molar-refractivity contribution in [1.29, 1.82) is 0 Å². The van der Waals surface area contributed by atoms with Crippen molar-refractivity contribution in [2.24, 2.45) is 5.14 Å². The molecule has 1 amide bonds. The molecule has 0 aliphatic carbocycles. The van der Waals surface area contributed by atoms with Crippen LogP contribution in [0, 0.1) is 13.8 Å². The Kier molecular flexibility index (Phi) is 5.70. The summed E-state index contributed by atoms with van der Waals surface area (Å²) in [6, 6.07) is 6.41. The number of nitrogens with zero attached hydrogens (tertiary/aromatic N) is 3. The van der Waals surface area contributed by atoms with Gasteiger partial charge in [0, 0.05) is 11.4 Å². The number of hydrogen-bond acceptors (Lipinski definition) is 5. The quantitative estimate of drug-likeness (QED) is 0.635. The van der Waals surface area contributed by atoms with Crippen LogP contribution in [0.2, 0.25) is 0 Å². The van der Waals surface area contributed by atoms with Crippen LogP contribution in [0.3, 0.4) is 0 Å². The molecule has 0 fully saturated rings. The molecule has 0 atom stereocenters. The average molecular weight is 444 g/mol. The van der Waals surface area contributed by atoms with Crippen molar-refractivity contribution < 1.29 is 13.2 Å². The number of amides is 1. The molecule has 0 radical (unpaired) electrons. The van der Waals surface area contributed by atoms with Crippen LogP contribution in [0.1, 0.15) is 67.8 Å². The minimum absolute atomic E-state index is 0.0234. The maximum Gasteiger partial charge on any atom is 0.256 e. The lowest BCUT2D eigenvalue weighted by Gasteiger charge is -2.20. The zero-order valence-corrected chi connectivity index (χ0v) is 19.8. The Morgan fingerprint density at radius 3 is 2.35 bits per heavy atom. The first-order valence-corrected chi connectivity index (χ1v) is 11.6. The Bertz CT molecular complexity index is 1280. The third kappa shape index (κ3) is 4.47. The van der Waals surface area contributed by atoms with Gasteiger partial charge in [0.2, 0.25) is 10.0 Å². The van der Waals surface area contributed by atoms with Crippen LogP contribution >= 0.6 is 0 Å². The van der Waals surface area contributed by atoms with Crippen LogP contribution in [0.5, 0.6) is 0 Å². The van der Waals surface area contributed by atoms with Crippen molar-refractivity contribution in [3.63, 3.8) is 0 Å². The second-order valence-corrected chi connectivity index (χ2v) is 10.6. The number of pyridine rings is 1. The van der Waals surface area contributed by atoms with E-state index in [-0.39, 0.29) is 22.3 Å². The summed E-state index contributed by atoms with van der Waals surface area (Å²) < 4.78 is 25.5. The first kappa shape index (κ1) is 22.9. The van der Waals surface area contributed by atoms with Crippen LogP contribution in [0.4, 0.5) is 5.69 Å². The van der Waals surface area contributed by atoms with Gasteiger partial charge >= 0.3 is 0 Å². The Labute approximate surface area is 182 Å². The van der Waals surface area contributed by atoms with Crippen LogP contribution < -0.4 is 10.5 Å². The fraction of sp³-hybridized carbons (Fsp3) is 0.409. The number of aromatic nitrogens is 3. The van der Waals surface area contributed by atoms with Gasteiger partial charge in [0.05, 0.1) is 27.1 Å². The van der Waals surface area contributed by atoms with E-state index in [1.54, 1.807) is 25.1 Å². The summed E-state index contributed by atoms with van der Waals surface area (Å²) in [5.41, 5.74) is 3.11. The molecule has 3 N–H and O–H groups in total. The number of anilines is 1. The van der Waals surface area contributed by atoms with Gasteiger partial charge in [-0.2, -0.15) is 5.10 Å². The monoisotopic (exact) mass is 443 g/mol. The van der Waals surface area contributed by atoms with Gasteiger partial charge in [-0.05, 0) is 64.3 Å². The van der Waals surface area contributed by atoms with Gasteiger partial charge in [0.25, 0.3) is 5.91 Å². The zero-order valence-electron chi connectivity index (χ0n) is 18.9. The molecular weight excluding hydrogens is 414 g/mol. The lowest BCUT2D eigenvalue weighted by atomic mass is 10.0. The molecule has 166 valence electrons. The number of benzene rings is 1. The molecule has 2 aromatic heterocycles. The summed E-state index contributed by atoms with van der Waals surface area (Å²) in [5, 5.41) is 13.4. The first-order chi connectivity index (χ1) is 14.2. The van der Waals surface area contributed by atoms with Gasteiger partial charge in [-0.15, -0.1) is 0 Å². The first-order valence-electron chi connectivity index (χ1n) is 10.1. The normalized spacial score (nSPS) is 12.5. The fourth-order valence-corrected chi connectivity index (χ4v) is 4.24. The molecule has 3 rings (SSSR count). The SMILES string of the molecule is Cc1ccc(NC(=O)c2cc(C(C)C)nc3c2c(C)nn3C(C)(C)C)cc1S(N)(=O)=O. The molecule has 31 heavy (non-hydrogen) atoms. The highest BCUT2D eigenvalue weighted by Gasteiger charge is 2.25. The van der Waals surface area contributed by atoms with Crippen LogP contribution in [-0.4, -0.2) is 29.1 Å². The van der Waals surface area contributed by atoms with Gasteiger partial charge in [-0.1, -0.05) is 19.9 Å². The van der Waals surface area contributed by atoms with Crippen LogP contribution in [-0.2, 0) is 15.6 Å². The van der Waals surface area contributed by atoms with E-state index < -0.39 is 10.0 Å². The van der Waals surface area contributed by atoms with Gasteiger partial charge in [-0.3, -0.25) is 4.79 Å². The van der Waals surface area contributed by atoms with Crippen LogP contribution in [0.25, 0.3) is 11.0 Å². The Balaban J connectivity index is 2.16. The van der Waals surface area contributed by atoms with E-state index in [1.165, 1.54) is 6.07 Å². The van der Waals surface area contributed by atoms with E-state index in [4.69, 9.17) is 10.1 Å². The highest BCUT2D eigenvalue weighted by molar-refractivity contribution is 7.89. The summed E-state index contributed by atoms with van der Waals surface area (Å²) in [4.78, 5) is 18.1. The van der Waals surface area contributed by atoms with E-state index >= 15 is 0 Å².